The first kappa shape index (κ1) is 8.48. The molecule has 4 N–H and O–H groups in total. The Morgan fingerprint density at radius 1 is 1.67 bits per heavy atom. The summed E-state index contributed by atoms with van der Waals surface area (Å²) < 4.78 is 0. The molecular formula is C7H10N4O. The Morgan fingerprint density at radius 2 is 2.42 bits per heavy atom. The van der Waals surface area contributed by atoms with E-state index in [0.717, 1.165) is 0 Å². The van der Waals surface area contributed by atoms with Crippen LogP contribution in [0.2, 0.25) is 0 Å². The highest BCUT2D eigenvalue weighted by molar-refractivity contribution is 5.97. The van der Waals surface area contributed by atoms with E-state index < -0.39 is 5.91 Å². The Hall–Kier alpha value is -1.62. The highest BCUT2D eigenvalue weighted by atomic mass is 16.2. The molecule has 0 fully saturated rings. The van der Waals surface area contributed by atoms with Crippen LogP contribution in [-0.2, 0) is 0 Å². The summed E-state index contributed by atoms with van der Waals surface area (Å²) >= 11 is 0. The van der Waals surface area contributed by atoms with Gasteiger partial charge in [0.15, 0.2) is 5.69 Å². The average molecular weight is 166 g/mol. The minimum Gasteiger partial charge on any atom is -0.386 e. The fourth-order valence-corrected chi connectivity index (χ4v) is 0.856. The number of carbonyl (C=O) groups excluding carboxylic acids is 1. The lowest BCUT2D eigenvalue weighted by atomic mass is 10.3. The normalized spacial score (nSPS) is 9.17. The molecule has 0 aliphatic carbocycles. The van der Waals surface area contributed by atoms with Crippen molar-refractivity contribution in [1.82, 2.24) is 10.4 Å². The van der Waals surface area contributed by atoms with Gasteiger partial charge in [0.2, 0.25) is 0 Å². The zero-order chi connectivity index (χ0) is 8.97. The van der Waals surface area contributed by atoms with Crippen molar-refractivity contribution in [3.05, 3.63) is 24.0 Å². The monoisotopic (exact) mass is 166 g/mol. The lowest BCUT2D eigenvalue weighted by Crippen LogP contribution is -2.31. The smallest absolute Gasteiger partial charge is 0.285 e. The van der Waals surface area contributed by atoms with E-state index in [-0.39, 0.29) is 0 Å². The quantitative estimate of drug-likeness (QED) is 0.321. The minimum absolute atomic E-state index is 0.294. The van der Waals surface area contributed by atoms with Gasteiger partial charge in [-0.3, -0.25) is 10.2 Å². The molecule has 1 aromatic rings. The Kier molecular flexibility index (Phi) is 2.60. The molecule has 1 rings (SSSR count). The number of rotatable bonds is 2. The van der Waals surface area contributed by atoms with Crippen molar-refractivity contribution in [2.45, 2.75) is 0 Å². The molecule has 5 heteroatoms. The van der Waals surface area contributed by atoms with Crippen molar-refractivity contribution < 1.29 is 4.79 Å². The number of amides is 1. The number of hydrogen-bond donors (Lipinski definition) is 3. The van der Waals surface area contributed by atoms with Crippen molar-refractivity contribution in [2.75, 3.05) is 12.4 Å². The third-order valence-corrected chi connectivity index (χ3v) is 1.42. The van der Waals surface area contributed by atoms with Crippen LogP contribution in [0.25, 0.3) is 0 Å². The summed E-state index contributed by atoms with van der Waals surface area (Å²) in [5.74, 6) is 4.56. The SMILES string of the molecule is CNc1cccnc1C(=O)NN. The number of hydrazine groups is 1. The topological polar surface area (TPSA) is 80.0 Å². The molecule has 1 aromatic heterocycles. The van der Waals surface area contributed by atoms with Gasteiger partial charge in [-0.05, 0) is 12.1 Å². The summed E-state index contributed by atoms with van der Waals surface area (Å²) in [5, 5.41) is 2.83. The van der Waals surface area contributed by atoms with Gasteiger partial charge < -0.3 is 5.32 Å². The van der Waals surface area contributed by atoms with E-state index in [9.17, 15) is 4.79 Å². The molecule has 1 heterocycles. The van der Waals surface area contributed by atoms with E-state index >= 15 is 0 Å². The molecule has 0 radical (unpaired) electrons. The van der Waals surface area contributed by atoms with E-state index in [2.05, 4.69) is 10.3 Å². The molecule has 5 nitrogen and oxygen atoms in total. The van der Waals surface area contributed by atoms with Crippen LogP contribution >= 0.6 is 0 Å². The maximum absolute atomic E-state index is 11.1. The van der Waals surface area contributed by atoms with Crippen LogP contribution in [0.4, 0.5) is 5.69 Å². The number of aromatic nitrogens is 1. The Labute approximate surface area is 70.0 Å². The fourth-order valence-electron chi connectivity index (χ4n) is 0.856. The maximum atomic E-state index is 11.1. The third kappa shape index (κ3) is 1.51. The minimum atomic E-state index is -0.403. The van der Waals surface area contributed by atoms with Gasteiger partial charge in [0, 0.05) is 13.2 Å². The van der Waals surface area contributed by atoms with Crippen LogP contribution in [-0.4, -0.2) is 17.9 Å². The summed E-state index contributed by atoms with van der Waals surface area (Å²) in [6, 6.07) is 3.48. The molecule has 0 bridgehead atoms. The van der Waals surface area contributed by atoms with Gasteiger partial charge in [0.05, 0.1) is 5.69 Å². The number of nitrogens with one attached hydrogen (secondary N) is 2. The second-order valence-corrected chi connectivity index (χ2v) is 2.12. The number of hydrogen-bond acceptors (Lipinski definition) is 4. The number of anilines is 1. The molecule has 0 aliphatic rings. The number of carbonyl (C=O) groups is 1. The van der Waals surface area contributed by atoms with E-state index in [1.807, 2.05) is 5.43 Å². The molecular weight excluding hydrogens is 156 g/mol. The summed E-state index contributed by atoms with van der Waals surface area (Å²) in [7, 11) is 1.71. The van der Waals surface area contributed by atoms with Gasteiger partial charge in [-0.2, -0.15) is 0 Å². The molecule has 0 spiro atoms. The number of nitrogens with two attached hydrogens (primary N) is 1. The Bertz CT molecular complexity index is 286. The first-order valence-electron chi connectivity index (χ1n) is 3.43. The van der Waals surface area contributed by atoms with Crippen LogP contribution in [0.1, 0.15) is 10.5 Å². The van der Waals surface area contributed by atoms with Crippen LogP contribution in [0.15, 0.2) is 18.3 Å². The predicted molar refractivity (Wildman–Crippen MR) is 45.4 cm³/mol. The molecule has 0 aromatic carbocycles. The third-order valence-electron chi connectivity index (χ3n) is 1.42. The lowest BCUT2D eigenvalue weighted by Gasteiger charge is -2.04. The van der Waals surface area contributed by atoms with Gasteiger partial charge in [-0.15, -0.1) is 0 Å². The standard InChI is InChI=1S/C7H10N4O/c1-9-5-3-2-4-10-6(5)7(12)11-8/h2-4,9H,8H2,1H3,(H,11,12). The lowest BCUT2D eigenvalue weighted by molar-refractivity contribution is 0.0949. The summed E-state index contributed by atoms with van der Waals surface area (Å²) in [5.41, 5.74) is 2.96. The summed E-state index contributed by atoms with van der Waals surface area (Å²) in [6.07, 6.45) is 1.53. The largest absolute Gasteiger partial charge is 0.386 e. The van der Waals surface area contributed by atoms with E-state index in [4.69, 9.17) is 5.84 Å². The second-order valence-electron chi connectivity index (χ2n) is 2.12. The summed E-state index contributed by atoms with van der Waals surface area (Å²) in [6.45, 7) is 0. The van der Waals surface area contributed by atoms with Gasteiger partial charge in [-0.1, -0.05) is 0 Å². The van der Waals surface area contributed by atoms with E-state index in [0.29, 0.717) is 11.4 Å². The van der Waals surface area contributed by atoms with Crippen molar-refractivity contribution in [3.8, 4) is 0 Å². The fraction of sp³-hybridized carbons (Fsp3) is 0.143. The van der Waals surface area contributed by atoms with Crippen LogP contribution in [0.5, 0.6) is 0 Å². The molecule has 64 valence electrons. The van der Waals surface area contributed by atoms with Crippen LogP contribution < -0.4 is 16.6 Å². The van der Waals surface area contributed by atoms with Crippen molar-refractivity contribution in [1.29, 1.82) is 0 Å². The molecule has 0 atom stereocenters. The number of nitrogen functional groups attached to an aromatic ring is 1. The summed E-state index contributed by atoms with van der Waals surface area (Å²) in [4.78, 5) is 14.9. The van der Waals surface area contributed by atoms with E-state index in [1.54, 1.807) is 19.2 Å². The van der Waals surface area contributed by atoms with Gasteiger partial charge in [0.25, 0.3) is 5.91 Å². The van der Waals surface area contributed by atoms with Gasteiger partial charge in [-0.25, -0.2) is 10.8 Å². The molecule has 0 unspecified atom stereocenters. The molecule has 0 aliphatic heterocycles. The van der Waals surface area contributed by atoms with Crippen molar-refractivity contribution in [3.63, 3.8) is 0 Å². The van der Waals surface area contributed by atoms with Crippen molar-refractivity contribution in [2.24, 2.45) is 5.84 Å². The van der Waals surface area contributed by atoms with Gasteiger partial charge >= 0.3 is 0 Å². The molecule has 0 saturated carbocycles. The zero-order valence-electron chi connectivity index (χ0n) is 6.66. The van der Waals surface area contributed by atoms with Gasteiger partial charge in [0.1, 0.15) is 0 Å². The first-order chi connectivity index (χ1) is 5.79. The van der Waals surface area contributed by atoms with Crippen LogP contribution in [0.3, 0.4) is 0 Å². The molecule has 1 amide bonds. The highest BCUT2D eigenvalue weighted by Gasteiger charge is 2.08. The van der Waals surface area contributed by atoms with E-state index in [1.165, 1.54) is 6.20 Å². The highest BCUT2D eigenvalue weighted by Crippen LogP contribution is 2.09. The maximum Gasteiger partial charge on any atom is 0.285 e. The zero-order valence-corrected chi connectivity index (χ0v) is 6.66. The average Bonchev–Trinajstić information content (AvgIpc) is 2.16. The predicted octanol–water partition coefficient (Wildman–Crippen LogP) is -0.273. The molecule has 0 saturated heterocycles. The molecule has 12 heavy (non-hydrogen) atoms. The first-order valence-corrected chi connectivity index (χ1v) is 3.43. The Balaban J connectivity index is 3.04. The second kappa shape index (κ2) is 3.68. The van der Waals surface area contributed by atoms with Crippen molar-refractivity contribution >= 4 is 11.6 Å². The Morgan fingerprint density at radius 3 is 3.00 bits per heavy atom. The number of nitrogens with zero attached hydrogens (tertiary/aromatic N) is 1. The van der Waals surface area contributed by atoms with Crippen LogP contribution in [0, 0.1) is 0 Å². The number of pyridine rings is 1.